The van der Waals surface area contributed by atoms with Gasteiger partial charge in [-0.2, -0.15) is 0 Å². The molecule has 0 fully saturated rings. The monoisotopic (exact) mass is 190 g/mol. The lowest BCUT2D eigenvalue weighted by Gasteiger charge is -2.03. The Hall–Kier alpha value is -1.28. The Kier molecular flexibility index (Phi) is 3.72. The molecule has 0 bridgehead atoms. The largest absolute Gasteiger partial charge is 0.353 e. The first-order valence-corrected chi connectivity index (χ1v) is 4.82. The Balaban J connectivity index is 3.14. The Bertz CT molecular complexity index is 334. The molecular weight excluding hydrogens is 172 g/mol. The van der Waals surface area contributed by atoms with Crippen LogP contribution in [-0.4, -0.2) is 4.57 Å². The van der Waals surface area contributed by atoms with Crippen LogP contribution in [0.5, 0.6) is 0 Å². The van der Waals surface area contributed by atoms with Crippen molar-refractivity contribution in [2.45, 2.75) is 19.4 Å². The second-order valence-electron chi connectivity index (χ2n) is 3.38. The summed E-state index contributed by atoms with van der Waals surface area (Å²) in [5.74, 6) is 0. The molecule has 0 amide bonds. The predicted octanol–water partition coefficient (Wildman–Crippen LogP) is 1.94. The maximum atomic E-state index is 5.71. The highest BCUT2D eigenvalue weighted by Gasteiger charge is 2.09. The molecule has 0 aliphatic carbocycles. The Labute approximate surface area is 85.7 Å². The number of allylic oxidation sites excluding steroid dienone is 2. The smallest absolute Gasteiger partial charge is 0.0348 e. The number of hydrogen-bond donors (Lipinski definition) is 1. The first-order valence-electron chi connectivity index (χ1n) is 4.82. The molecule has 1 rings (SSSR count). The summed E-state index contributed by atoms with van der Waals surface area (Å²) >= 11 is 0. The van der Waals surface area contributed by atoms with Gasteiger partial charge in [-0.05, 0) is 24.0 Å². The maximum Gasteiger partial charge on any atom is 0.0348 e. The summed E-state index contributed by atoms with van der Waals surface area (Å²) in [4.78, 5) is 0. The topological polar surface area (TPSA) is 30.9 Å². The number of nitrogens with two attached hydrogens (primary N) is 1. The van der Waals surface area contributed by atoms with Crippen molar-refractivity contribution >= 4 is 0 Å². The number of nitrogens with zero attached hydrogens (tertiary/aromatic N) is 1. The number of hydrogen-bond acceptors (Lipinski definition) is 1. The minimum Gasteiger partial charge on any atom is -0.353 e. The number of aromatic nitrogens is 1. The van der Waals surface area contributed by atoms with Crippen molar-refractivity contribution in [3.8, 4) is 0 Å². The lowest BCUT2D eigenvalue weighted by atomic mass is 10.0. The molecule has 1 aromatic rings. The van der Waals surface area contributed by atoms with Crippen LogP contribution in [0.25, 0.3) is 0 Å². The molecule has 2 N–H and O–H groups in total. The Morgan fingerprint density at radius 1 is 1.36 bits per heavy atom. The zero-order valence-electron chi connectivity index (χ0n) is 8.79. The quantitative estimate of drug-likeness (QED) is 0.707. The van der Waals surface area contributed by atoms with Gasteiger partial charge < -0.3 is 10.3 Å². The van der Waals surface area contributed by atoms with Gasteiger partial charge in [-0.25, -0.2) is 0 Å². The van der Waals surface area contributed by atoms with Crippen molar-refractivity contribution in [2.24, 2.45) is 12.8 Å². The van der Waals surface area contributed by atoms with E-state index in [9.17, 15) is 0 Å². The average molecular weight is 190 g/mol. The van der Waals surface area contributed by atoms with Gasteiger partial charge in [0.05, 0.1) is 0 Å². The number of aryl methyl sites for hydroxylation is 1. The Morgan fingerprint density at radius 3 is 2.50 bits per heavy atom. The Morgan fingerprint density at radius 2 is 2.00 bits per heavy atom. The molecule has 0 spiro atoms. The van der Waals surface area contributed by atoms with E-state index in [1.165, 1.54) is 16.8 Å². The number of rotatable bonds is 5. The summed E-state index contributed by atoms with van der Waals surface area (Å²) in [5.41, 5.74) is 9.52. The second-order valence-corrected chi connectivity index (χ2v) is 3.38. The van der Waals surface area contributed by atoms with Crippen molar-refractivity contribution in [1.82, 2.24) is 4.57 Å². The SMILES string of the molecule is C=CCc1cn(C)c(CN)c1CC=C. The fourth-order valence-electron chi connectivity index (χ4n) is 1.78. The van der Waals surface area contributed by atoms with Gasteiger partial charge in [0.1, 0.15) is 0 Å². The molecule has 2 nitrogen and oxygen atoms in total. The predicted molar refractivity (Wildman–Crippen MR) is 61.1 cm³/mol. The lowest BCUT2D eigenvalue weighted by molar-refractivity contribution is 0.813. The minimum atomic E-state index is 0.580. The summed E-state index contributed by atoms with van der Waals surface area (Å²) < 4.78 is 2.09. The van der Waals surface area contributed by atoms with E-state index in [0.29, 0.717) is 6.54 Å². The van der Waals surface area contributed by atoms with Crippen LogP contribution < -0.4 is 5.73 Å². The van der Waals surface area contributed by atoms with Crippen LogP contribution in [0.1, 0.15) is 16.8 Å². The highest BCUT2D eigenvalue weighted by Crippen LogP contribution is 2.18. The first-order chi connectivity index (χ1) is 6.74. The molecule has 0 saturated heterocycles. The highest BCUT2D eigenvalue weighted by molar-refractivity contribution is 5.35. The second kappa shape index (κ2) is 4.82. The van der Waals surface area contributed by atoms with Crippen LogP contribution in [-0.2, 0) is 26.4 Å². The molecule has 1 aromatic heterocycles. The molecule has 14 heavy (non-hydrogen) atoms. The van der Waals surface area contributed by atoms with Crippen LogP contribution in [0.15, 0.2) is 31.5 Å². The zero-order valence-corrected chi connectivity index (χ0v) is 8.79. The van der Waals surface area contributed by atoms with Crippen LogP contribution in [0.2, 0.25) is 0 Å². The third-order valence-corrected chi connectivity index (χ3v) is 2.42. The normalized spacial score (nSPS) is 10.1. The molecule has 0 unspecified atom stereocenters. The fraction of sp³-hybridized carbons (Fsp3) is 0.333. The van der Waals surface area contributed by atoms with E-state index in [1.807, 2.05) is 19.2 Å². The van der Waals surface area contributed by atoms with E-state index >= 15 is 0 Å². The third-order valence-electron chi connectivity index (χ3n) is 2.42. The van der Waals surface area contributed by atoms with Gasteiger partial charge in [0.15, 0.2) is 0 Å². The van der Waals surface area contributed by atoms with Crippen molar-refractivity contribution in [2.75, 3.05) is 0 Å². The standard InChI is InChI=1S/C12H18N2/c1-4-6-10-9-14(3)12(8-13)11(10)7-5-2/h4-5,9H,1-2,6-8,13H2,3H3. The molecular formula is C12H18N2. The van der Waals surface area contributed by atoms with Crippen LogP contribution >= 0.6 is 0 Å². The average Bonchev–Trinajstić information content (AvgIpc) is 2.44. The van der Waals surface area contributed by atoms with Gasteiger partial charge in [0.2, 0.25) is 0 Å². The third kappa shape index (κ3) is 1.96. The van der Waals surface area contributed by atoms with Crippen LogP contribution in [0.4, 0.5) is 0 Å². The van der Waals surface area contributed by atoms with E-state index in [4.69, 9.17) is 5.73 Å². The van der Waals surface area contributed by atoms with E-state index in [0.717, 1.165) is 12.8 Å². The van der Waals surface area contributed by atoms with Crippen LogP contribution in [0, 0.1) is 0 Å². The summed E-state index contributed by atoms with van der Waals surface area (Å²) in [7, 11) is 2.03. The lowest BCUT2D eigenvalue weighted by Crippen LogP contribution is -2.05. The molecule has 0 saturated carbocycles. The molecule has 0 radical (unpaired) electrons. The van der Waals surface area contributed by atoms with Crippen molar-refractivity contribution in [3.05, 3.63) is 48.3 Å². The van der Waals surface area contributed by atoms with Crippen molar-refractivity contribution in [3.63, 3.8) is 0 Å². The van der Waals surface area contributed by atoms with Crippen molar-refractivity contribution in [1.29, 1.82) is 0 Å². The summed E-state index contributed by atoms with van der Waals surface area (Å²) in [5, 5.41) is 0. The molecule has 1 heterocycles. The van der Waals surface area contributed by atoms with E-state index in [2.05, 4.69) is 23.9 Å². The van der Waals surface area contributed by atoms with E-state index in [-0.39, 0.29) is 0 Å². The fourth-order valence-corrected chi connectivity index (χ4v) is 1.78. The van der Waals surface area contributed by atoms with Crippen LogP contribution in [0.3, 0.4) is 0 Å². The molecule has 0 atom stereocenters. The summed E-state index contributed by atoms with van der Waals surface area (Å²) in [6.45, 7) is 8.10. The van der Waals surface area contributed by atoms with Gasteiger partial charge in [-0.1, -0.05) is 12.2 Å². The molecule has 0 aliphatic heterocycles. The summed E-state index contributed by atoms with van der Waals surface area (Å²) in [6, 6.07) is 0. The first kappa shape index (κ1) is 10.8. The van der Waals surface area contributed by atoms with Gasteiger partial charge in [-0.15, -0.1) is 13.2 Å². The van der Waals surface area contributed by atoms with Gasteiger partial charge in [-0.3, -0.25) is 0 Å². The highest BCUT2D eigenvalue weighted by atomic mass is 14.9. The van der Waals surface area contributed by atoms with Gasteiger partial charge in [0.25, 0.3) is 0 Å². The molecule has 76 valence electrons. The van der Waals surface area contributed by atoms with Crippen molar-refractivity contribution < 1.29 is 0 Å². The molecule has 2 heteroatoms. The summed E-state index contributed by atoms with van der Waals surface area (Å²) in [6.07, 6.45) is 7.75. The van der Waals surface area contributed by atoms with Gasteiger partial charge >= 0.3 is 0 Å². The minimum absolute atomic E-state index is 0.580. The maximum absolute atomic E-state index is 5.71. The molecule has 0 aromatic carbocycles. The van der Waals surface area contributed by atoms with E-state index in [1.54, 1.807) is 0 Å². The zero-order chi connectivity index (χ0) is 10.6. The van der Waals surface area contributed by atoms with Gasteiger partial charge in [0, 0.05) is 25.5 Å². The van der Waals surface area contributed by atoms with E-state index < -0.39 is 0 Å². The molecule has 0 aliphatic rings.